The fourth-order valence-corrected chi connectivity index (χ4v) is 2.83. The van der Waals surface area contributed by atoms with E-state index in [2.05, 4.69) is 15.8 Å². The third-order valence-electron chi connectivity index (χ3n) is 4.14. The third-order valence-corrected chi connectivity index (χ3v) is 4.36. The van der Waals surface area contributed by atoms with Crippen LogP contribution in [-0.2, 0) is 0 Å². The summed E-state index contributed by atoms with van der Waals surface area (Å²) in [6.07, 6.45) is 1.01. The molecule has 2 amide bonds. The van der Waals surface area contributed by atoms with Crippen LogP contribution in [-0.4, -0.2) is 28.1 Å². The van der Waals surface area contributed by atoms with E-state index in [1.54, 1.807) is 6.07 Å². The van der Waals surface area contributed by atoms with Gasteiger partial charge >= 0.3 is 5.69 Å². The Labute approximate surface area is 185 Å². The summed E-state index contributed by atoms with van der Waals surface area (Å²) in [4.78, 5) is 34.7. The van der Waals surface area contributed by atoms with E-state index < -0.39 is 34.0 Å². The third kappa shape index (κ3) is 5.43. The number of rotatable bonds is 6. The highest BCUT2D eigenvalue weighted by molar-refractivity contribution is 6.31. The monoisotopic (exact) mass is 456 g/mol. The average molecular weight is 457 g/mol. The van der Waals surface area contributed by atoms with Gasteiger partial charge in [0.25, 0.3) is 11.8 Å². The summed E-state index contributed by atoms with van der Waals surface area (Å²) in [5.74, 6) is -2.25. The number of phenols is 1. The highest BCUT2D eigenvalue weighted by Crippen LogP contribution is 2.32. The zero-order valence-corrected chi connectivity index (χ0v) is 16.8. The molecule has 3 N–H and O–H groups in total. The smallest absolute Gasteiger partial charge is 0.312 e. The van der Waals surface area contributed by atoms with Crippen molar-refractivity contribution in [1.29, 1.82) is 0 Å². The minimum absolute atomic E-state index is 0.00636. The van der Waals surface area contributed by atoms with E-state index in [4.69, 9.17) is 11.6 Å². The summed E-state index contributed by atoms with van der Waals surface area (Å²) in [6, 6.07) is 13.1. The highest BCUT2D eigenvalue weighted by atomic mass is 35.5. The maximum absolute atomic E-state index is 13.0. The van der Waals surface area contributed by atoms with Crippen molar-refractivity contribution in [2.75, 3.05) is 5.32 Å². The number of anilines is 1. The van der Waals surface area contributed by atoms with Gasteiger partial charge in [0.05, 0.1) is 11.1 Å². The topological polar surface area (TPSA) is 134 Å². The number of hydrogen-bond donors (Lipinski definition) is 3. The van der Waals surface area contributed by atoms with Crippen LogP contribution in [0.2, 0.25) is 5.02 Å². The Morgan fingerprint density at radius 2 is 1.78 bits per heavy atom. The van der Waals surface area contributed by atoms with E-state index in [9.17, 15) is 29.2 Å². The molecule has 11 heteroatoms. The van der Waals surface area contributed by atoms with Gasteiger partial charge in [0, 0.05) is 33.5 Å². The average Bonchev–Trinajstić information content (AvgIpc) is 2.76. The summed E-state index contributed by atoms with van der Waals surface area (Å²) in [7, 11) is 0. The van der Waals surface area contributed by atoms with Gasteiger partial charge in [-0.1, -0.05) is 17.7 Å². The van der Waals surface area contributed by atoms with E-state index in [1.807, 2.05) is 0 Å². The van der Waals surface area contributed by atoms with Crippen molar-refractivity contribution in [2.45, 2.75) is 0 Å². The number of nitrogens with one attached hydrogen (secondary N) is 2. The van der Waals surface area contributed by atoms with Crippen LogP contribution in [0, 0.1) is 15.9 Å². The number of benzene rings is 3. The van der Waals surface area contributed by atoms with E-state index in [0.717, 1.165) is 24.4 Å². The molecule has 0 saturated heterocycles. The fourth-order valence-electron chi connectivity index (χ4n) is 2.61. The zero-order valence-electron chi connectivity index (χ0n) is 16.1. The predicted molar refractivity (Wildman–Crippen MR) is 116 cm³/mol. The second-order valence-corrected chi connectivity index (χ2v) is 6.80. The standard InChI is InChI=1S/C21H14ClFN4O5/c22-15-8-14(19(28)18(10-15)27(31)32)11-24-26-21(30)13-2-1-3-17(9-13)25-20(29)12-4-6-16(23)7-5-12/h1-11,28H,(H,25,29)(H,26,30). The Kier molecular flexibility index (Phi) is 6.76. The number of aromatic hydroxyl groups is 1. The predicted octanol–water partition coefficient (Wildman–Crippen LogP) is 4.11. The van der Waals surface area contributed by atoms with Crippen molar-refractivity contribution in [3.8, 4) is 5.75 Å². The van der Waals surface area contributed by atoms with Crippen molar-refractivity contribution in [3.05, 3.63) is 98.3 Å². The number of carbonyl (C=O) groups excluding carboxylic acids is 2. The quantitative estimate of drug-likeness (QED) is 0.291. The van der Waals surface area contributed by atoms with Gasteiger partial charge in [-0.3, -0.25) is 19.7 Å². The Balaban J connectivity index is 1.69. The maximum Gasteiger partial charge on any atom is 0.312 e. The van der Waals surface area contributed by atoms with Gasteiger partial charge in [-0.05, 0) is 48.5 Å². The molecule has 0 fully saturated rings. The van der Waals surface area contributed by atoms with Gasteiger partial charge in [0.1, 0.15) is 5.82 Å². The van der Waals surface area contributed by atoms with Crippen molar-refractivity contribution in [2.24, 2.45) is 5.10 Å². The molecular weight excluding hydrogens is 443 g/mol. The largest absolute Gasteiger partial charge is 0.502 e. The number of hydrazone groups is 1. The van der Waals surface area contributed by atoms with E-state index in [-0.39, 0.29) is 21.7 Å². The molecule has 0 bridgehead atoms. The van der Waals surface area contributed by atoms with Crippen LogP contribution >= 0.6 is 11.6 Å². The number of carbonyl (C=O) groups is 2. The molecule has 0 radical (unpaired) electrons. The Bertz CT molecular complexity index is 1230. The van der Waals surface area contributed by atoms with Gasteiger partial charge in [-0.25, -0.2) is 9.82 Å². The normalized spacial score (nSPS) is 10.7. The van der Waals surface area contributed by atoms with E-state index >= 15 is 0 Å². The Morgan fingerprint density at radius 1 is 1.06 bits per heavy atom. The van der Waals surface area contributed by atoms with Crippen LogP contribution in [0.5, 0.6) is 5.75 Å². The van der Waals surface area contributed by atoms with Crippen molar-refractivity contribution >= 4 is 41.0 Å². The van der Waals surface area contributed by atoms with Crippen LogP contribution in [0.4, 0.5) is 15.8 Å². The van der Waals surface area contributed by atoms with Crippen molar-refractivity contribution in [3.63, 3.8) is 0 Å². The van der Waals surface area contributed by atoms with E-state index in [1.165, 1.54) is 36.4 Å². The van der Waals surface area contributed by atoms with Crippen molar-refractivity contribution in [1.82, 2.24) is 5.43 Å². The molecular formula is C21H14ClFN4O5. The number of nitro benzene ring substituents is 1. The molecule has 0 aliphatic heterocycles. The molecule has 9 nitrogen and oxygen atoms in total. The maximum atomic E-state index is 13.0. The number of phenolic OH excluding ortho intramolecular Hbond substituents is 1. The van der Waals surface area contributed by atoms with Gasteiger partial charge < -0.3 is 10.4 Å². The first-order chi connectivity index (χ1) is 15.2. The lowest BCUT2D eigenvalue weighted by molar-refractivity contribution is -0.385. The number of halogens is 2. The number of hydrogen-bond acceptors (Lipinski definition) is 6. The zero-order chi connectivity index (χ0) is 23.3. The number of amides is 2. The van der Waals surface area contributed by atoms with Crippen LogP contribution < -0.4 is 10.7 Å². The summed E-state index contributed by atoms with van der Waals surface area (Å²) in [5.41, 5.74) is 2.26. The molecule has 0 heterocycles. The fraction of sp³-hybridized carbons (Fsp3) is 0. The van der Waals surface area contributed by atoms with Gasteiger partial charge in [0.2, 0.25) is 5.75 Å². The first-order valence-corrected chi connectivity index (χ1v) is 9.29. The molecule has 0 unspecified atom stereocenters. The van der Waals surface area contributed by atoms with Gasteiger partial charge in [-0.2, -0.15) is 5.10 Å². The molecule has 0 aromatic heterocycles. The molecule has 3 aromatic carbocycles. The lowest BCUT2D eigenvalue weighted by Gasteiger charge is -2.07. The van der Waals surface area contributed by atoms with Crippen molar-refractivity contribution < 1.29 is 24.0 Å². The first kappa shape index (κ1) is 22.4. The molecule has 0 aliphatic rings. The minimum atomic E-state index is -0.803. The molecule has 32 heavy (non-hydrogen) atoms. The summed E-state index contributed by atoms with van der Waals surface area (Å²) in [6.45, 7) is 0. The SMILES string of the molecule is O=C(NN=Cc1cc(Cl)cc([N+](=O)[O-])c1O)c1cccc(NC(=O)c2ccc(F)cc2)c1. The molecule has 3 aromatic rings. The van der Waals surface area contributed by atoms with E-state index in [0.29, 0.717) is 5.69 Å². The summed E-state index contributed by atoms with van der Waals surface area (Å²) < 4.78 is 13.0. The number of nitro groups is 1. The van der Waals surface area contributed by atoms with Gasteiger partial charge in [0.15, 0.2) is 0 Å². The van der Waals surface area contributed by atoms with Crippen LogP contribution in [0.3, 0.4) is 0 Å². The van der Waals surface area contributed by atoms with Crippen LogP contribution in [0.15, 0.2) is 65.8 Å². The minimum Gasteiger partial charge on any atom is -0.502 e. The molecule has 0 saturated carbocycles. The molecule has 0 aliphatic carbocycles. The molecule has 162 valence electrons. The Morgan fingerprint density at radius 3 is 2.47 bits per heavy atom. The first-order valence-electron chi connectivity index (χ1n) is 8.92. The van der Waals surface area contributed by atoms with Crippen LogP contribution in [0.25, 0.3) is 0 Å². The van der Waals surface area contributed by atoms with Crippen LogP contribution in [0.1, 0.15) is 26.3 Å². The Hall–Kier alpha value is -4.31. The van der Waals surface area contributed by atoms with Gasteiger partial charge in [-0.15, -0.1) is 0 Å². The lowest BCUT2D eigenvalue weighted by Crippen LogP contribution is -2.18. The second kappa shape index (κ2) is 9.67. The summed E-state index contributed by atoms with van der Waals surface area (Å²) >= 11 is 5.80. The second-order valence-electron chi connectivity index (χ2n) is 6.36. The number of nitrogens with zero attached hydrogens (tertiary/aromatic N) is 2. The molecule has 3 rings (SSSR count). The lowest BCUT2D eigenvalue weighted by atomic mass is 10.1. The molecule has 0 atom stereocenters. The molecule has 0 spiro atoms. The highest BCUT2D eigenvalue weighted by Gasteiger charge is 2.18. The summed E-state index contributed by atoms with van der Waals surface area (Å²) in [5, 5.41) is 27.1.